The lowest BCUT2D eigenvalue weighted by atomic mass is 10.0. The number of para-hydroxylation sites is 1. The molecular weight excluding hydrogens is 316 g/mol. The summed E-state index contributed by atoms with van der Waals surface area (Å²) in [7, 11) is 0. The van der Waals surface area contributed by atoms with Crippen molar-refractivity contribution in [2.24, 2.45) is 5.73 Å². The van der Waals surface area contributed by atoms with Crippen LogP contribution in [0.5, 0.6) is 5.75 Å². The van der Waals surface area contributed by atoms with Crippen molar-refractivity contribution < 1.29 is 14.3 Å². The smallest absolute Gasteiger partial charge is 0.240 e. The van der Waals surface area contributed by atoms with Gasteiger partial charge in [0.25, 0.3) is 0 Å². The van der Waals surface area contributed by atoms with Gasteiger partial charge in [-0.15, -0.1) is 0 Å². The predicted molar refractivity (Wildman–Crippen MR) is 96.5 cm³/mol. The molecule has 1 atom stereocenters. The summed E-state index contributed by atoms with van der Waals surface area (Å²) in [6, 6.07) is 14.4. The Hall–Kier alpha value is -2.82. The van der Waals surface area contributed by atoms with Crippen LogP contribution in [0.3, 0.4) is 0 Å². The van der Waals surface area contributed by atoms with E-state index in [1.165, 1.54) is 4.90 Å². The van der Waals surface area contributed by atoms with Gasteiger partial charge in [0.05, 0.1) is 13.0 Å². The number of nitrogens with two attached hydrogens (primary N) is 1. The summed E-state index contributed by atoms with van der Waals surface area (Å²) in [5, 5.41) is 0. The van der Waals surface area contributed by atoms with E-state index in [9.17, 15) is 9.59 Å². The van der Waals surface area contributed by atoms with E-state index in [-0.39, 0.29) is 12.3 Å². The zero-order chi connectivity index (χ0) is 17.8. The Labute approximate surface area is 147 Å². The molecule has 0 aromatic heterocycles. The molecule has 1 heterocycles. The third kappa shape index (κ3) is 3.65. The average Bonchev–Trinajstić information content (AvgIpc) is 3.07. The number of anilines is 1. The quantitative estimate of drug-likeness (QED) is 0.879. The Bertz CT molecular complexity index is 774. The number of amides is 2. The number of ether oxygens (including phenoxy) is 1. The van der Waals surface area contributed by atoms with Crippen molar-refractivity contribution in [3.63, 3.8) is 0 Å². The molecule has 5 heteroatoms. The van der Waals surface area contributed by atoms with Gasteiger partial charge < -0.3 is 10.5 Å². The zero-order valence-electron chi connectivity index (χ0n) is 14.3. The second kappa shape index (κ2) is 7.38. The number of nitrogens with zero attached hydrogens (tertiary/aromatic N) is 1. The van der Waals surface area contributed by atoms with Gasteiger partial charge >= 0.3 is 0 Å². The van der Waals surface area contributed by atoms with Gasteiger partial charge in [0.2, 0.25) is 11.8 Å². The van der Waals surface area contributed by atoms with Crippen LogP contribution in [-0.4, -0.2) is 24.5 Å². The van der Waals surface area contributed by atoms with Crippen molar-refractivity contribution >= 4 is 17.5 Å². The third-order valence-corrected chi connectivity index (χ3v) is 4.44. The second-order valence-electron chi connectivity index (χ2n) is 6.14. The van der Waals surface area contributed by atoms with E-state index in [1.54, 1.807) is 0 Å². The fourth-order valence-corrected chi connectivity index (χ4v) is 3.21. The van der Waals surface area contributed by atoms with Crippen molar-refractivity contribution in [3.8, 4) is 5.75 Å². The van der Waals surface area contributed by atoms with E-state index in [0.717, 1.165) is 23.3 Å². The minimum Gasteiger partial charge on any atom is -0.493 e. The van der Waals surface area contributed by atoms with Gasteiger partial charge in [-0.25, -0.2) is 0 Å². The van der Waals surface area contributed by atoms with Crippen molar-refractivity contribution in [3.05, 3.63) is 59.7 Å². The van der Waals surface area contributed by atoms with Gasteiger partial charge in [0.15, 0.2) is 0 Å². The molecule has 0 spiro atoms. The van der Waals surface area contributed by atoms with Crippen LogP contribution in [-0.2, 0) is 22.4 Å². The second-order valence-corrected chi connectivity index (χ2v) is 6.14. The average molecular weight is 338 g/mol. The molecule has 2 aromatic carbocycles. The summed E-state index contributed by atoms with van der Waals surface area (Å²) in [6.45, 7) is 2.54. The Morgan fingerprint density at radius 1 is 1.20 bits per heavy atom. The molecule has 1 unspecified atom stereocenters. The van der Waals surface area contributed by atoms with Crippen LogP contribution in [0.15, 0.2) is 48.5 Å². The third-order valence-electron chi connectivity index (χ3n) is 4.44. The van der Waals surface area contributed by atoms with Crippen molar-refractivity contribution in [1.29, 1.82) is 0 Å². The van der Waals surface area contributed by atoms with Gasteiger partial charge in [-0.05, 0) is 35.7 Å². The van der Waals surface area contributed by atoms with E-state index in [4.69, 9.17) is 10.5 Å². The molecule has 0 radical (unpaired) electrons. The van der Waals surface area contributed by atoms with E-state index in [0.29, 0.717) is 18.7 Å². The fraction of sp³-hybridized carbons (Fsp3) is 0.300. The van der Waals surface area contributed by atoms with Crippen LogP contribution < -0.4 is 15.4 Å². The first-order valence-electron chi connectivity index (χ1n) is 8.51. The number of rotatable bonds is 6. The van der Waals surface area contributed by atoms with Crippen LogP contribution in [0, 0.1) is 0 Å². The standard InChI is InChI=1S/C20H22N2O3/c1-2-17(20(21)24)22(16-6-4-3-5-7-16)19(23)13-14-8-9-18-15(12-14)10-11-25-18/h3-9,12,17H,2,10-11,13H2,1H3,(H2,21,24). The molecular formula is C20H22N2O3. The molecule has 1 aliphatic heterocycles. The number of carbonyl (C=O) groups excluding carboxylic acids is 2. The number of primary amides is 1. The molecule has 0 bridgehead atoms. The first-order valence-corrected chi connectivity index (χ1v) is 8.51. The van der Waals surface area contributed by atoms with Gasteiger partial charge in [-0.3, -0.25) is 14.5 Å². The Kier molecular flexibility index (Phi) is 5.03. The predicted octanol–water partition coefficient (Wildman–Crippen LogP) is 2.46. The maximum absolute atomic E-state index is 13.0. The highest BCUT2D eigenvalue weighted by Gasteiger charge is 2.28. The van der Waals surface area contributed by atoms with E-state index in [1.807, 2.05) is 55.5 Å². The number of benzene rings is 2. The summed E-state index contributed by atoms with van der Waals surface area (Å²) in [6.07, 6.45) is 1.54. The first-order chi connectivity index (χ1) is 12.1. The lowest BCUT2D eigenvalue weighted by Gasteiger charge is -2.29. The largest absolute Gasteiger partial charge is 0.493 e. The monoisotopic (exact) mass is 338 g/mol. The molecule has 0 saturated heterocycles. The maximum atomic E-state index is 13.0. The molecule has 2 amide bonds. The topological polar surface area (TPSA) is 72.6 Å². The Balaban J connectivity index is 1.87. The highest BCUT2D eigenvalue weighted by atomic mass is 16.5. The van der Waals surface area contributed by atoms with E-state index >= 15 is 0 Å². The summed E-state index contributed by atoms with van der Waals surface area (Å²) in [4.78, 5) is 26.4. The lowest BCUT2D eigenvalue weighted by Crippen LogP contribution is -2.48. The van der Waals surface area contributed by atoms with Crippen molar-refractivity contribution in [2.45, 2.75) is 32.2 Å². The number of carbonyl (C=O) groups is 2. The number of hydrogen-bond acceptors (Lipinski definition) is 3. The van der Waals surface area contributed by atoms with Crippen LogP contribution in [0.4, 0.5) is 5.69 Å². The summed E-state index contributed by atoms with van der Waals surface area (Å²) < 4.78 is 5.51. The van der Waals surface area contributed by atoms with E-state index in [2.05, 4.69) is 0 Å². The van der Waals surface area contributed by atoms with Gasteiger partial charge in [0.1, 0.15) is 11.8 Å². The summed E-state index contributed by atoms with van der Waals surface area (Å²) >= 11 is 0. The molecule has 25 heavy (non-hydrogen) atoms. The Morgan fingerprint density at radius 2 is 1.96 bits per heavy atom. The van der Waals surface area contributed by atoms with Crippen LogP contribution in [0.1, 0.15) is 24.5 Å². The molecule has 1 aliphatic rings. The van der Waals surface area contributed by atoms with E-state index < -0.39 is 11.9 Å². The SMILES string of the molecule is CCC(C(N)=O)N(C(=O)Cc1ccc2c(c1)CCO2)c1ccccc1. The van der Waals surface area contributed by atoms with Gasteiger partial charge in [-0.2, -0.15) is 0 Å². The molecule has 2 N–H and O–H groups in total. The molecule has 0 saturated carbocycles. The molecule has 3 rings (SSSR count). The molecule has 130 valence electrons. The number of hydrogen-bond donors (Lipinski definition) is 1. The highest BCUT2D eigenvalue weighted by molar-refractivity contribution is 6.01. The van der Waals surface area contributed by atoms with Gasteiger partial charge in [-0.1, -0.05) is 37.3 Å². The minimum atomic E-state index is -0.660. The van der Waals surface area contributed by atoms with Gasteiger partial charge in [0, 0.05) is 12.1 Å². The molecule has 5 nitrogen and oxygen atoms in total. The van der Waals surface area contributed by atoms with Crippen LogP contribution in [0.2, 0.25) is 0 Å². The number of fused-ring (bicyclic) bond motifs is 1. The fourth-order valence-electron chi connectivity index (χ4n) is 3.21. The lowest BCUT2D eigenvalue weighted by molar-refractivity contribution is -0.124. The zero-order valence-corrected chi connectivity index (χ0v) is 14.3. The summed E-state index contributed by atoms with van der Waals surface area (Å²) in [5.74, 6) is 0.248. The van der Waals surface area contributed by atoms with Crippen molar-refractivity contribution in [1.82, 2.24) is 0 Å². The minimum absolute atomic E-state index is 0.143. The Morgan fingerprint density at radius 3 is 2.64 bits per heavy atom. The summed E-state index contributed by atoms with van der Waals surface area (Å²) in [5.41, 5.74) is 8.26. The normalized spacial score (nSPS) is 13.6. The highest BCUT2D eigenvalue weighted by Crippen LogP contribution is 2.27. The molecule has 0 fully saturated rings. The first kappa shape index (κ1) is 17.0. The van der Waals surface area contributed by atoms with Crippen molar-refractivity contribution in [2.75, 3.05) is 11.5 Å². The van der Waals surface area contributed by atoms with Crippen LogP contribution >= 0.6 is 0 Å². The molecule has 0 aliphatic carbocycles. The maximum Gasteiger partial charge on any atom is 0.240 e. The van der Waals surface area contributed by atoms with Crippen LogP contribution in [0.25, 0.3) is 0 Å². The molecule has 2 aromatic rings.